The van der Waals surface area contributed by atoms with Crippen LogP contribution in [-0.2, 0) is 9.59 Å². The van der Waals surface area contributed by atoms with Gasteiger partial charge in [-0.05, 0) is 18.6 Å². The summed E-state index contributed by atoms with van der Waals surface area (Å²) < 4.78 is 5.29. The number of carbonyl (C=O) groups is 2. The molecular formula is C18H17N3O5. The molecule has 2 amide bonds. The summed E-state index contributed by atoms with van der Waals surface area (Å²) in [4.78, 5) is 36.2. The second-order valence-electron chi connectivity index (χ2n) is 5.88. The Morgan fingerprint density at radius 1 is 1.31 bits per heavy atom. The van der Waals surface area contributed by atoms with Gasteiger partial charge in [-0.15, -0.1) is 0 Å². The molecule has 1 aliphatic heterocycles. The molecule has 0 saturated heterocycles. The lowest BCUT2D eigenvalue weighted by molar-refractivity contribution is -0.384. The predicted octanol–water partition coefficient (Wildman–Crippen LogP) is 2.20. The number of rotatable bonds is 5. The number of benzene rings is 2. The molecule has 2 aromatic rings. The maximum Gasteiger partial charge on any atom is 0.271 e. The van der Waals surface area contributed by atoms with E-state index in [0.717, 1.165) is 5.56 Å². The lowest BCUT2D eigenvalue weighted by Crippen LogP contribution is -2.45. The Hall–Kier alpha value is -3.42. The molecule has 1 atom stereocenters. The largest absolute Gasteiger partial charge is 0.482 e. The molecule has 1 heterocycles. The summed E-state index contributed by atoms with van der Waals surface area (Å²) >= 11 is 0. The molecule has 0 bridgehead atoms. The van der Waals surface area contributed by atoms with Gasteiger partial charge in [-0.1, -0.05) is 30.3 Å². The Labute approximate surface area is 149 Å². The summed E-state index contributed by atoms with van der Waals surface area (Å²) in [5.41, 5.74) is 0.980. The van der Waals surface area contributed by atoms with Crippen LogP contribution in [0.1, 0.15) is 18.5 Å². The van der Waals surface area contributed by atoms with E-state index in [1.165, 1.54) is 23.1 Å². The molecule has 0 fully saturated rings. The number of hydrogen-bond donors (Lipinski definition) is 1. The van der Waals surface area contributed by atoms with Crippen LogP contribution in [0.4, 0.5) is 11.4 Å². The topological polar surface area (TPSA) is 102 Å². The lowest BCUT2D eigenvalue weighted by atomic mass is 10.1. The highest BCUT2D eigenvalue weighted by Gasteiger charge is 2.29. The van der Waals surface area contributed by atoms with Crippen LogP contribution in [0.5, 0.6) is 5.75 Å². The number of amides is 2. The van der Waals surface area contributed by atoms with Crippen molar-refractivity contribution in [2.45, 2.75) is 13.0 Å². The zero-order valence-electron chi connectivity index (χ0n) is 14.0. The molecule has 134 valence electrons. The number of nitrogens with zero attached hydrogens (tertiary/aromatic N) is 2. The Kier molecular flexibility index (Phi) is 4.83. The molecular weight excluding hydrogens is 338 g/mol. The minimum atomic E-state index is -0.560. The van der Waals surface area contributed by atoms with Gasteiger partial charge in [0.25, 0.3) is 11.6 Å². The van der Waals surface area contributed by atoms with Crippen molar-refractivity contribution in [3.8, 4) is 5.75 Å². The third kappa shape index (κ3) is 3.64. The van der Waals surface area contributed by atoms with Crippen LogP contribution < -0.4 is 15.0 Å². The van der Waals surface area contributed by atoms with E-state index in [-0.39, 0.29) is 36.5 Å². The highest BCUT2D eigenvalue weighted by molar-refractivity contribution is 6.02. The first-order valence-corrected chi connectivity index (χ1v) is 8.01. The van der Waals surface area contributed by atoms with Crippen molar-refractivity contribution in [3.05, 3.63) is 64.2 Å². The van der Waals surface area contributed by atoms with Gasteiger partial charge in [0.1, 0.15) is 12.3 Å². The van der Waals surface area contributed by atoms with Crippen molar-refractivity contribution in [1.82, 2.24) is 5.32 Å². The average Bonchev–Trinajstić information content (AvgIpc) is 2.64. The second-order valence-corrected chi connectivity index (χ2v) is 5.88. The van der Waals surface area contributed by atoms with E-state index in [0.29, 0.717) is 5.75 Å². The molecule has 1 N–H and O–H groups in total. The van der Waals surface area contributed by atoms with Gasteiger partial charge in [0, 0.05) is 12.1 Å². The summed E-state index contributed by atoms with van der Waals surface area (Å²) in [5.74, 6) is -0.464. The molecule has 8 heteroatoms. The number of nitrogens with one attached hydrogen (secondary N) is 1. The van der Waals surface area contributed by atoms with Crippen molar-refractivity contribution < 1.29 is 19.2 Å². The fraction of sp³-hybridized carbons (Fsp3) is 0.222. The predicted molar refractivity (Wildman–Crippen MR) is 93.9 cm³/mol. The normalized spacial score (nSPS) is 14.2. The van der Waals surface area contributed by atoms with Crippen molar-refractivity contribution in [2.75, 3.05) is 18.1 Å². The van der Waals surface area contributed by atoms with Gasteiger partial charge in [-0.3, -0.25) is 24.6 Å². The van der Waals surface area contributed by atoms with E-state index in [1.54, 1.807) is 0 Å². The summed E-state index contributed by atoms with van der Waals surface area (Å²) in [6.45, 7) is 1.38. The Morgan fingerprint density at radius 2 is 2.04 bits per heavy atom. The number of hydrogen-bond acceptors (Lipinski definition) is 5. The summed E-state index contributed by atoms with van der Waals surface area (Å²) in [6, 6.07) is 13.1. The monoisotopic (exact) mass is 355 g/mol. The SMILES string of the molecule is CC(NC(=O)CN1C(=O)COc2ccc([N+](=O)[O-])cc21)c1ccccc1. The van der Waals surface area contributed by atoms with Gasteiger partial charge >= 0.3 is 0 Å². The Bertz CT molecular complexity index is 853. The maximum absolute atomic E-state index is 12.4. The molecule has 3 rings (SSSR count). The fourth-order valence-corrected chi connectivity index (χ4v) is 2.73. The number of ether oxygens (including phenoxy) is 1. The summed E-state index contributed by atoms with van der Waals surface area (Å²) in [7, 11) is 0. The number of nitro groups is 1. The summed E-state index contributed by atoms with van der Waals surface area (Å²) in [6.07, 6.45) is 0. The van der Waals surface area contributed by atoms with Gasteiger partial charge in [-0.25, -0.2) is 0 Å². The van der Waals surface area contributed by atoms with Gasteiger partial charge < -0.3 is 10.1 Å². The molecule has 0 saturated carbocycles. The number of carbonyl (C=O) groups excluding carboxylic acids is 2. The number of fused-ring (bicyclic) bond motifs is 1. The molecule has 0 radical (unpaired) electrons. The molecule has 8 nitrogen and oxygen atoms in total. The van der Waals surface area contributed by atoms with Gasteiger partial charge in [-0.2, -0.15) is 0 Å². The maximum atomic E-state index is 12.4. The standard InChI is InChI=1S/C18H17N3O5/c1-12(13-5-3-2-4-6-13)19-17(22)10-20-15-9-14(21(24)25)7-8-16(15)26-11-18(20)23/h2-9,12H,10-11H2,1H3,(H,19,22). The van der Waals surface area contributed by atoms with E-state index < -0.39 is 10.8 Å². The lowest BCUT2D eigenvalue weighted by Gasteiger charge is -2.29. The number of anilines is 1. The van der Waals surface area contributed by atoms with Crippen LogP contribution in [0.25, 0.3) is 0 Å². The molecule has 0 aromatic heterocycles. The van der Waals surface area contributed by atoms with Crippen molar-refractivity contribution in [1.29, 1.82) is 0 Å². The highest BCUT2D eigenvalue weighted by atomic mass is 16.6. The van der Waals surface area contributed by atoms with E-state index in [4.69, 9.17) is 4.74 Å². The van der Waals surface area contributed by atoms with Crippen LogP contribution in [-0.4, -0.2) is 29.9 Å². The molecule has 0 spiro atoms. The minimum absolute atomic E-state index is 0.176. The number of nitro benzene ring substituents is 1. The third-order valence-electron chi connectivity index (χ3n) is 4.08. The third-order valence-corrected chi connectivity index (χ3v) is 4.08. The molecule has 26 heavy (non-hydrogen) atoms. The van der Waals surface area contributed by atoms with Crippen LogP contribution in [0, 0.1) is 10.1 Å². The zero-order chi connectivity index (χ0) is 18.7. The van der Waals surface area contributed by atoms with Gasteiger partial charge in [0.2, 0.25) is 5.91 Å². The number of non-ortho nitro benzene ring substituents is 1. The molecule has 1 unspecified atom stereocenters. The average molecular weight is 355 g/mol. The van der Waals surface area contributed by atoms with E-state index >= 15 is 0 Å². The van der Waals surface area contributed by atoms with Gasteiger partial charge in [0.15, 0.2) is 6.61 Å². The first-order valence-electron chi connectivity index (χ1n) is 8.01. The van der Waals surface area contributed by atoms with Crippen LogP contribution in [0.3, 0.4) is 0 Å². The Morgan fingerprint density at radius 3 is 2.73 bits per heavy atom. The van der Waals surface area contributed by atoms with E-state index in [2.05, 4.69) is 5.32 Å². The van der Waals surface area contributed by atoms with E-state index in [9.17, 15) is 19.7 Å². The van der Waals surface area contributed by atoms with Gasteiger partial charge in [0.05, 0.1) is 16.7 Å². The van der Waals surface area contributed by atoms with E-state index in [1.807, 2.05) is 37.3 Å². The second kappa shape index (κ2) is 7.22. The van der Waals surface area contributed by atoms with Crippen molar-refractivity contribution in [3.63, 3.8) is 0 Å². The first kappa shape index (κ1) is 17.4. The van der Waals surface area contributed by atoms with Crippen LogP contribution in [0.2, 0.25) is 0 Å². The van der Waals surface area contributed by atoms with Crippen LogP contribution in [0.15, 0.2) is 48.5 Å². The first-order chi connectivity index (χ1) is 12.5. The smallest absolute Gasteiger partial charge is 0.271 e. The van der Waals surface area contributed by atoms with Crippen LogP contribution >= 0.6 is 0 Å². The summed E-state index contributed by atoms with van der Waals surface area (Å²) in [5, 5.41) is 13.8. The highest BCUT2D eigenvalue weighted by Crippen LogP contribution is 2.35. The molecule has 1 aliphatic rings. The molecule has 0 aliphatic carbocycles. The minimum Gasteiger partial charge on any atom is -0.482 e. The van der Waals surface area contributed by atoms with Crippen molar-refractivity contribution in [2.24, 2.45) is 0 Å². The molecule has 2 aromatic carbocycles. The fourth-order valence-electron chi connectivity index (χ4n) is 2.73. The Balaban J connectivity index is 1.77. The van der Waals surface area contributed by atoms with Crippen molar-refractivity contribution >= 4 is 23.2 Å². The quantitative estimate of drug-likeness (QED) is 0.654. The zero-order valence-corrected chi connectivity index (χ0v) is 14.0.